The van der Waals surface area contributed by atoms with Gasteiger partial charge in [0.15, 0.2) is 0 Å². The number of aliphatic hydroxyl groups is 1. The number of nitrogens with zero attached hydrogens (tertiary/aromatic N) is 4. The van der Waals surface area contributed by atoms with Crippen LogP contribution in [0.2, 0.25) is 0 Å². The molecule has 3 heterocycles. The predicted molar refractivity (Wildman–Crippen MR) is 128 cm³/mol. The van der Waals surface area contributed by atoms with Crippen molar-refractivity contribution >= 4 is 27.6 Å². The van der Waals surface area contributed by atoms with Gasteiger partial charge < -0.3 is 10.0 Å². The van der Waals surface area contributed by atoms with Gasteiger partial charge >= 0.3 is 0 Å². The Labute approximate surface area is 198 Å². The number of benzene rings is 2. The lowest BCUT2D eigenvalue weighted by atomic mass is 10.1. The van der Waals surface area contributed by atoms with E-state index in [1.165, 1.54) is 6.07 Å². The zero-order valence-electron chi connectivity index (χ0n) is 18.5. The standard InChI is InChI=1S/C25H23FN4O3S/c1-34(33)23-15-30(25-27-12-17(13-28-25)19-6-2-3-7-21(19)26)22-11-16(8-9-20(22)23)24(32)29-10-4-5-18(31)14-29/h2-3,6-9,11-13,15,18,31H,4-5,10,14H2,1H3/t18-,34?/m1/s1. The van der Waals surface area contributed by atoms with Gasteiger partial charge in [0.2, 0.25) is 5.95 Å². The summed E-state index contributed by atoms with van der Waals surface area (Å²) in [7, 11) is -1.27. The molecule has 4 aromatic rings. The molecule has 7 nitrogen and oxygen atoms in total. The van der Waals surface area contributed by atoms with Crippen LogP contribution in [0.4, 0.5) is 4.39 Å². The molecule has 1 aliphatic rings. The van der Waals surface area contributed by atoms with Crippen molar-refractivity contribution in [2.45, 2.75) is 23.8 Å². The number of carbonyl (C=O) groups is 1. The van der Waals surface area contributed by atoms with Crippen molar-refractivity contribution in [3.8, 4) is 17.1 Å². The van der Waals surface area contributed by atoms with Crippen LogP contribution in [0.1, 0.15) is 23.2 Å². The lowest BCUT2D eigenvalue weighted by Gasteiger charge is -2.30. The minimum atomic E-state index is -1.27. The van der Waals surface area contributed by atoms with Crippen molar-refractivity contribution in [2.75, 3.05) is 19.3 Å². The van der Waals surface area contributed by atoms with Crippen LogP contribution in [0.5, 0.6) is 0 Å². The molecule has 1 unspecified atom stereocenters. The number of piperidine rings is 1. The van der Waals surface area contributed by atoms with Crippen LogP contribution < -0.4 is 0 Å². The first-order chi connectivity index (χ1) is 16.4. The summed E-state index contributed by atoms with van der Waals surface area (Å²) in [6.45, 7) is 0.905. The topological polar surface area (TPSA) is 88.3 Å². The molecule has 0 radical (unpaired) electrons. The van der Waals surface area contributed by atoms with E-state index in [-0.39, 0.29) is 11.7 Å². The van der Waals surface area contributed by atoms with E-state index in [1.54, 1.807) is 70.7 Å². The minimum Gasteiger partial charge on any atom is -0.391 e. The summed E-state index contributed by atoms with van der Waals surface area (Å²) in [5.74, 6) is -0.205. The van der Waals surface area contributed by atoms with Gasteiger partial charge in [-0.25, -0.2) is 14.4 Å². The van der Waals surface area contributed by atoms with Gasteiger partial charge in [-0.2, -0.15) is 0 Å². The van der Waals surface area contributed by atoms with Crippen molar-refractivity contribution in [1.29, 1.82) is 0 Å². The van der Waals surface area contributed by atoms with Crippen LogP contribution in [0.3, 0.4) is 0 Å². The fourth-order valence-corrected chi connectivity index (χ4v) is 5.06. The van der Waals surface area contributed by atoms with Crippen LogP contribution in [-0.2, 0) is 10.8 Å². The molecule has 174 valence electrons. The molecule has 2 aromatic heterocycles. The summed E-state index contributed by atoms with van der Waals surface area (Å²) >= 11 is 0. The average Bonchev–Trinajstić information content (AvgIpc) is 3.23. The summed E-state index contributed by atoms with van der Waals surface area (Å²) < 4.78 is 28.2. The first-order valence-corrected chi connectivity index (χ1v) is 12.5. The second kappa shape index (κ2) is 9.08. The average molecular weight is 479 g/mol. The maximum Gasteiger partial charge on any atom is 0.254 e. The highest BCUT2D eigenvalue weighted by Crippen LogP contribution is 2.29. The number of hydrogen-bond donors (Lipinski definition) is 1. The summed E-state index contributed by atoms with van der Waals surface area (Å²) in [6.07, 6.45) is 7.32. The van der Waals surface area contributed by atoms with Crippen LogP contribution in [0.25, 0.3) is 28.0 Å². The van der Waals surface area contributed by atoms with Crippen LogP contribution in [0, 0.1) is 5.82 Å². The molecule has 0 saturated carbocycles. The zero-order valence-corrected chi connectivity index (χ0v) is 19.3. The Morgan fingerprint density at radius 2 is 1.94 bits per heavy atom. The van der Waals surface area contributed by atoms with Crippen molar-refractivity contribution in [1.82, 2.24) is 19.4 Å². The zero-order chi connectivity index (χ0) is 23.8. The lowest BCUT2D eigenvalue weighted by Crippen LogP contribution is -2.42. The van der Waals surface area contributed by atoms with E-state index >= 15 is 0 Å². The first-order valence-electron chi connectivity index (χ1n) is 11.0. The Balaban J connectivity index is 1.56. The molecule has 0 aliphatic carbocycles. The minimum absolute atomic E-state index is 0.164. The third-order valence-electron chi connectivity index (χ3n) is 6.05. The maximum atomic E-state index is 14.2. The Morgan fingerprint density at radius 3 is 2.65 bits per heavy atom. The summed E-state index contributed by atoms with van der Waals surface area (Å²) in [5, 5.41) is 10.7. The Morgan fingerprint density at radius 1 is 1.18 bits per heavy atom. The fraction of sp³-hybridized carbons (Fsp3) is 0.240. The number of fused-ring (bicyclic) bond motifs is 1. The number of hydrogen-bond acceptors (Lipinski definition) is 5. The predicted octanol–water partition coefficient (Wildman–Crippen LogP) is 3.56. The molecular formula is C25H23FN4O3S. The lowest BCUT2D eigenvalue weighted by molar-refractivity contribution is 0.0474. The Kier molecular flexibility index (Phi) is 5.97. The molecule has 34 heavy (non-hydrogen) atoms. The Bertz CT molecular complexity index is 1400. The molecule has 1 amide bonds. The van der Waals surface area contributed by atoms with Gasteiger partial charge in [0.1, 0.15) is 5.82 Å². The molecular weight excluding hydrogens is 455 g/mol. The van der Waals surface area contributed by atoms with Gasteiger partial charge in [-0.15, -0.1) is 0 Å². The van der Waals surface area contributed by atoms with Crippen molar-refractivity contribution in [2.24, 2.45) is 0 Å². The number of aliphatic hydroxyl groups excluding tert-OH is 1. The maximum absolute atomic E-state index is 14.2. The quantitative estimate of drug-likeness (QED) is 0.485. The highest BCUT2D eigenvalue weighted by molar-refractivity contribution is 7.84. The van der Waals surface area contributed by atoms with Gasteiger partial charge in [-0.3, -0.25) is 13.6 Å². The second-order valence-corrected chi connectivity index (χ2v) is 9.70. The van der Waals surface area contributed by atoms with Crippen molar-refractivity contribution in [3.05, 3.63) is 72.4 Å². The van der Waals surface area contributed by atoms with Gasteiger partial charge in [0.25, 0.3) is 5.91 Å². The molecule has 1 N–H and O–H groups in total. The van der Waals surface area contributed by atoms with E-state index in [0.29, 0.717) is 52.6 Å². The van der Waals surface area contributed by atoms with Crippen LogP contribution >= 0.6 is 0 Å². The fourth-order valence-electron chi connectivity index (χ4n) is 4.33. The number of likely N-dealkylation sites (tertiary alicyclic amines) is 1. The SMILES string of the molecule is CS(=O)c1cn(-c2ncc(-c3ccccc3F)cn2)c2cc(C(=O)N3CCC[C@@H](O)C3)ccc12. The first kappa shape index (κ1) is 22.4. The number of carbonyl (C=O) groups excluding carboxylic acids is 1. The van der Waals surface area contributed by atoms with Crippen molar-refractivity contribution < 1.29 is 18.5 Å². The molecule has 1 saturated heterocycles. The molecule has 2 atom stereocenters. The largest absolute Gasteiger partial charge is 0.391 e. The number of β-amino-alcohol motifs (C(OH)–C–C–N with tert-alkyl or cyclic N) is 1. The molecule has 2 aromatic carbocycles. The van der Waals surface area contributed by atoms with Gasteiger partial charge in [-0.1, -0.05) is 24.3 Å². The Hall–Kier alpha value is -3.43. The van der Waals surface area contributed by atoms with E-state index in [2.05, 4.69) is 9.97 Å². The molecule has 1 fully saturated rings. The number of halogens is 1. The van der Waals surface area contributed by atoms with Crippen molar-refractivity contribution in [3.63, 3.8) is 0 Å². The molecule has 5 rings (SSSR count). The van der Waals surface area contributed by atoms with Gasteiger partial charge in [0.05, 0.1) is 27.3 Å². The normalized spacial score (nSPS) is 17.1. The summed E-state index contributed by atoms with van der Waals surface area (Å²) in [4.78, 5) is 24.2. The highest BCUT2D eigenvalue weighted by atomic mass is 32.2. The van der Waals surface area contributed by atoms with E-state index in [1.807, 2.05) is 0 Å². The monoisotopic (exact) mass is 478 g/mol. The van der Waals surface area contributed by atoms with Gasteiger partial charge in [-0.05, 0) is 31.0 Å². The van der Waals surface area contributed by atoms with Crippen LogP contribution in [-0.4, -0.2) is 60.1 Å². The third kappa shape index (κ3) is 4.12. The van der Waals surface area contributed by atoms with E-state index < -0.39 is 16.9 Å². The highest BCUT2D eigenvalue weighted by Gasteiger charge is 2.24. The molecule has 0 bridgehead atoms. The smallest absolute Gasteiger partial charge is 0.254 e. The van der Waals surface area contributed by atoms with E-state index in [0.717, 1.165) is 11.8 Å². The number of rotatable bonds is 4. The molecule has 1 aliphatic heterocycles. The summed E-state index contributed by atoms with van der Waals surface area (Å²) in [6, 6.07) is 11.6. The van der Waals surface area contributed by atoms with Crippen LogP contribution in [0.15, 0.2) is 66.0 Å². The molecule has 0 spiro atoms. The second-order valence-electron chi connectivity index (χ2n) is 8.35. The third-order valence-corrected chi connectivity index (χ3v) is 6.99. The van der Waals surface area contributed by atoms with E-state index in [4.69, 9.17) is 0 Å². The number of amides is 1. The van der Waals surface area contributed by atoms with Gasteiger partial charge in [0, 0.05) is 60.0 Å². The molecule has 9 heteroatoms. The summed E-state index contributed by atoms with van der Waals surface area (Å²) in [5.41, 5.74) is 2.06. The van der Waals surface area contributed by atoms with E-state index in [9.17, 15) is 18.5 Å². The number of aromatic nitrogens is 3.